The first-order valence-electron chi connectivity index (χ1n) is 43.5. The van der Waals surface area contributed by atoms with E-state index >= 15 is 0 Å². The quantitative estimate of drug-likeness (QED) is 0.0105. The van der Waals surface area contributed by atoms with Gasteiger partial charge in [-0.3, -0.25) is 28.8 Å². The summed E-state index contributed by atoms with van der Waals surface area (Å²) in [5.41, 5.74) is 5.83. The number of nitrogens with one attached hydrogen (secondary N) is 3. The lowest BCUT2D eigenvalue weighted by molar-refractivity contribution is 0.111. The zero-order chi connectivity index (χ0) is 104. The minimum atomic E-state index is -4.03. The average Bonchev–Trinajstić information content (AvgIpc) is 0.834. The Labute approximate surface area is 863 Å². The second-order valence-electron chi connectivity index (χ2n) is 30.4. The van der Waals surface area contributed by atoms with E-state index in [1.54, 1.807) is 312 Å². The van der Waals surface area contributed by atoms with Gasteiger partial charge in [0.2, 0.25) is 0 Å². The van der Waals surface area contributed by atoms with Crippen LogP contribution in [0.4, 0.5) is 0 Å². The molecule has 47 heteroatoms. The third kappa shape index (κ3) is 32.0. The van der Waals surface area contributed by atoms with Gasteiger partial charge >= 0.3 is 49.7 Å². The van der Waals surface area contributed by atoms with Crippen molar-refractivity contribution in [2.75, 3.05) is 61.9 Å². The van der Waals surface area contributed by atoms with Gasteiger partial charge in [-0.1, -0.05) is 18.2 Å². The third-order valence-electron chi connectivity index (χ3n) is 19.8. The molecule has 0 saturated carbocycles. The van der Waals surface area contributed by atoms with Crippen LogP contribution < -0.4 is 69.5 Å². The lowest BCUT2D eigenvalue weighted by Gasteiger charge is -2.29. The second-order valence-corrected chi connectivity index (χ2v) is 49.3. The standard InChI is InChI=1S/C99H96N15O21P7S4/c1-10-61-106-136(121,124-88-37-13-79(14-38-88)67-103-112(7)139(143,127-91-49-25-82(70-115)26-50-91)128-92-51-27-83(71-116)28-52-92)109(4)100-64-76-19-43-97(44-20-76)133-142(146,134-98-45-21-77(22-46-98)65-101-110(5)137(122,107-62-11-2)125-89-39-15-80(16-40-89)68-104-113(8)140(144,129-93-53-29-84(72-117)30-54-93)130-94-55-31-85(73-118)32-56-94)135-99-47-23-78(24-48-99)66-102-111(6)138(123,108-63-12-3)126-90-41-17-81(18-42-90)69-105-114(9)141(145,131-95-57-33-86(74-119)34-58-95)132-96-59-35-87(75-120)36-60-96/h10-60,64-75H,1-3,61-63H2,4-9H3,(H,106,121)(H,107,122)(H,108,123)/b100-64+,101-65+,102-66+,103-67+,104-68+,105-69+. The van der Waals surface area contributed by atoms with Crippen molar-refractivity contribution >= 4 is 172 Å². The van der Waals surface area contributed by atoms with Crippen molar-refractivity contribution in [3.63, 3.8) is 0 Å². The summed E-state index contributed by atoms with van der Waals surface area (Å²) in [4.78, 5) is 68.5. The Kier molecular flexibility index (Phi) is 39.5. The lowest BCUT2D eigenvalue weighted by atomic mass is 10.2. The van der Waals surface area contributed by atoms with Crippen molar-refractivity contribution in [3.8, 4) is 69.0 Å². The highest BCUT2D eigenvalue weighted by atomic mass is 32.5. The van der Waals surface area contributed by atoms with E-state index in [2.05, 4.69) is 65.6 Å². The number of benzene rings is 12. The molecule has 3 N–H and O–H groups in total. The maximum absolute atomic E-state index is 14.8. The van der Waals surface area contributed by atoms with Gasteiger partial charge in [0.1, 0.15) is 107 Å². The Morgan fingerprint density at radius 3 is 0.493 bits per heavy atom. The SMILES string of the molecule is C=CCNP(=O)(Oc1ccc(/C=N/N(C)P(=S)(Oc2ccc(C=O)cc2)Oc2ccc(C=O)cc2)cc1)N(C)/N=C/c1ccc(OP(=S)(Oc2ccc(/C=N/N(C)P(=O)(NCC=C)Oc3ccc(/C=N/N(C)P(=S)(Oc4ccc(C=O)cc4)Oc4ccc(C=O)cc4)cc3)cc2)Oc2ccc(/C=N/N(C)P(=O)(NCC=C)Oc3ccc(/C=N/N(C)P(=S)(Oc4ccc(C=O)cc4)Oc4ccc(C=O)cc4)cc3)cc2)cc1. The molecule has 0 aliphatic rings. The molecule has 0 saturated heterocycles. The van der Waals surface area contributed by atoms with Crippen LogP contribution in [0.2, 0.25) is 0 Å². The molecule has 36 nitrogen and oxygen atoms in total. The Bertz CT molecular complexity index is 6290. The van der Waals surface area contributed by atoms with E-state index in [0.29, 0.717) is 139 Å². The van der Waals surface area contributed by atoms with E-state index in [1.165, 1.54) is 91.0 Å². The summed E-state index contributed by atoms with van der Waals surface area (Å²) < 4.78 is 128. The molecule has 3 unspecified atom stereocenters. The Hall–Kier alpha value is -14.5. The van der Waals surface area contributed by atoms with Crippen molar-refractivity contribution in [1.82, 2.24) is 43.9 Å². The van der Waals surface area contributed by atoms with Gasteiger partial charge in [0, 0.05) is 143 Å². The maximum atomic E-state index is 14.8. The molecule has 0 spiro atoms. The Morgan fingerprint density at radius 2 is 0.349 bits per heavy atom. The predicted octanol–water partition coefficient (Wildman–Crippen LogP) is 22.0. The molecule has 146 heavy (non-hydrogen) atoms. The van der Waals surface area contributed by atoms with Gasteiger partial charge in [-0.2, -0.15) is 30.6 Å². The van der Waals surface area contributed by atoms with Crippen LogP contribution in [-0.2, 0) is 60.9 Å². The van der Waals surface area contributed by atoms with E-state index in [4.69, 9.17) is 102 Å². The highest BCUT2D eigenvalue weighted by molar-refractivity contribution is 8.10. The van der Waals surface area contributed by atoms with Crippen molar-refractivity contribution in [1.29, 1.82) is 0 Å². The molecule has 0 fully saturated rings. The van der Waals surface area contributed by atoms with E-state index in [1.807, 2.05) is 0 Å². The average molecular weight is 2180 g/mol. The van der Waals surface area contributed by atoms with Crippen LogP contribution in [0.5, 0.6) is 69.0 Å². The zero-order valence-electron chi connectivity index (χ0n) is 78.8. The van der Waals surface area contributed by atoms with Crippen LogP contribution in [0.1, 0.15) is 95.5 Å². The van der Waals surface area contributed by atoms with Crippen molar-refractivity contribution in [2.45, 2.75) is 0 Å². The number of aldehydes is 6. The maximum Gasteiger partial charge on any atom is 0.490 e. The van der Waals surface area contributed by atoms with E-state index in [0.717, 1.165) is 14.3 Å². The van der Waals surface area contributed by atoms with Crippen LogP contribution in [0.25, 0.3) is 0 Å². The number of hydrazone groups is 6. The van der Waals surface area contributed by atoms with Gasteiger partial charge in [0.05, 0.1) is 37.3 Å². The molecular formula is C99H96N15O21P7S4. The van der Waals surface area contributed by atoms with Gasteiger partial charge in [-0.15, -0.1) is 19.7 Å². The fourth-order valence-corrected chi connectivity index (χ4v) is 23.5. The second kappa shape index (κ2) is 52.3. The van der Waals surface area contributed by atoms with Crippen molar-refractivity contribution in [2.24, 2.45) is 30.6 Å². The minimum absolute atomic E-state index is 0.0626. The summed E-state index contributed by atoms with van der Waals surface area (Å²) in [6, 6.07) is 77.1. The van der Waals surface area contributed by atoms with Gasteiger partial charge in [0.25, 0.3) is 0 Å². The summed E-state index contributed by atoms with van der Waals surface area (Å²) in [5, 5.41) is 36.0. The lowest BCUT2D eigenvalue weighted by Crippen LogP contribution is -2.25. The van der Waals surface area contributed by atoms with Crippen LogP contribution in [0, 0.1) is 0 Å². The third-order valence-corrected chi connectivity index (χ3v) is 36.0. The summed E-state index contributed by atoms with van der Waals surface area (Å²) in [5.74, 6) is 3.15. The molecule has 752 valence electrons. The molecule has 0 aliphatic carbocycles. The number of hydrogen-bond acceptors (Lipinski definition) is 31. The molecule has 0 amide bonds. The van der Waals surface area contributed by atoms with Crippen LogP contribution >= 0.6 is 49.7 Å². The molecule has 12 rings (SSSR count). The number of hydrogen-bond donors (Lipinski definition) is 3. The molecule has 0 bridgehead atoms. The number of rotatable bonds is 57. The molecular weight excluding hydrogens is 2080 g/mol. The first-order chi connectivity index (χ1) is 70.2. The summed E-state index contributed by atoms with van der Waals surface area (Å²) in [6.07, 6.45) is 17.6. The number of nitrogens with zero attached hydrogens (tertiary/aromatic N) is 12. The van der Waals surface area contributed by atoms with E-state index in [-0.39, 0.29) is 54.1 Å². The smallest absolute Gasteiger partial charge is 0.420 e. The molecule has 0 radical (unpaired) electrons. The summed E-state index contributed by atoms with van der Waals surface area (Å²) in [6.45, 7) is -2.93. The molecule has 0 aliphatic heterocycles. The highest BCUT2D eigenvalue weighted by Gasteiger charge is 2.37. The monoisotopic (exact) mass is 2180 g/mol. The Balaban J connectivity index is 0.739. The van der Waals surface area contributed by atoms with Gasteiger partial charge in [0.15, 0.2) is 0 Å². The number of carbonyl (C=O) groups is 6. The molecule has 3 atom stereocenters. The molecule has 12 aromatic rings. The first-order valence-corrected chi connectivity index (χ1v) is 58.5. The molecule has 0 aromatic heterocycles. The van der Waals surface area contributed by atoms with Crippen LogP contribution in [0.3, 0.4) is 0 Å². The van der Waals surface area contributed by atoms with Gasteiger partial charge in [-0.05, 0) is 325 Å². The van der Waals surface area contributed by atoms with Crippen LogP contribution in [0.15, 0.2) is 360 Å². The highest BCUT2D eigenvalue weighted by Crippen LogP contribution is 2.57. The molecule has 12 aromatic carbocycles. The Morgan fingerprint density at radius 1 is 0.219 bits per heavy atom. The topological polar surface area (TPSA) is 394 Å². The fraction of sp³-hybridized carbons (Fsp3) is 0.0909. The normalized spacial score (nSPS) is 13.2. The fourth-order valence-electron chi connectivity index (χ4n) is 11.8. The van der Waals surface area contributed by atoms with Gasteiger partial charge < -0.3 is 54.3 Å². The summed E-state index contributed by atoms with van der Waals surface area (Å²) in [7, 11) is -2.91. The predicted molar refractivity (Wildman–Crippen MR) is 584 cm³/mol. The zero-order valence-corrected chi connectivity index (χ0v) is 88.3. The number of carbonyl (C=O) groups excluding carboxylic acids is 6. The minimum Gasteiger partial charge on any atom is -0.420 e. The first kappa shape index (κ1) is 110. The van der Waals surface area contributed by atoms with Gasteiger partial charge in [-0.25, -0.2) is 57.6 Å². The molecule has 0 heterocycles. The largest absolute Gasteiger partial charge is 0.490 e. The van der Waals surface area contributed by atoms with Crippen molar-refractivity contribution < 1.29 is 96.7 Å². The van der Waals surface area contributed by atoms with E-state index < -0.39 is 49.7 Å². The summed E-state index contributed by atoms with van der Waals surface area (Å²) >= 11 is 24.3. The van der Waals surface area contributed by atoms with E-state index in [9.17, 15) is 42.5 Å². The van der Waals surface area contributed by atoms with Crippen LogP contribution in [-0.4, -0.2) is 166 Å². The van der Waals surface area contributed by atoms with Crippen molar-refractivity contribution in [3.05, 3.63) is 396 Å².